The first kappa shape index (κ1) is 14.3. The summed E-state index contributed by atoms with van der Waals surface area (Å²) in [6.45, 7) is 6.71. The Labute approximate surface area is 117 Å². The number of hydrogen-bond acceptors (Lipinski definition) is 4. The Kier molecular flexibility index (Phi) is 3.39. The summed E-state index contributed by atoms with van der Waals surface area (Å²) < 4.78 is 25.0. The number of fused-ring (bicyclic) bond motifs is 1. The molecule has 0 saturated carbocycles. The standard InChI is InChI=1S/C13H14N2O4S/c1-4-12(16)15-13(17)14(9(2)3)10-7-5-6-8-11(10)20(15,18)19/h4-9H,1H2,2-3H3. The highest BCUT2D eigenvalue weighted by molar-refractivity contribution is 7.90. The molecular formula is C13H14N2O4S. The Balaban J connectivity index is 2.77. The number of nitrogens with zero attached hydrogens (tertiary/aromatic N) is 2. The molecule has 1 heterocycles. The van der Waals surface area contributed by atoms with Crippen LogP contribution in [0.15, 0.2) is 41.8 Å². The summed E-state index contributed by atoms with van der Waals surface area (Å²) in [6.07, 6.45) is 0.807. The van der Waals surface area contributed by atoms with Crippen LogP contribution in [-0.2, 0) is 14.8 Å². The zero-order valence-corrected chi connectivity index (χ0v) is 11.9. The highest BCUT2D eigenvalue weighted by Gasteiger charge is 2.45. The first-order chi connectivity index (χ1) is 9.32. The van der Waals surface area contributed by atoms with Crippen LogP contribution in [0.2, 0.25) is 0 Å². The maximum Gasteiger partial charge on any atom is 0.346 e. The number of amides is 3. The first-order valence-corrected chi connectivity index (χ1v) is 7.40. The molecule has 3 amide bonds. The van der Waals surface area contributed by atoms with Gasteiger partial charge in [-0.05, 0) is 32.1 Å². The Morgan fingerprint density at radius 1 is 1.30 bits per heavy atom. The normalized spacial score (nSPS) is 17.1. The van der Waals surface area contributed by atoms with Gasteiger partial charge >= 0.3 is 6.03 Å². The number of benzene rings is 1. The molecule has 0 unspecified atom stereocenters. The van der Waals surface area contributed by atoms with Crippen molar-refractivity contribution in [3.05, 3.63) is 36.9 Å². The van der Waals surface area contributed by atoms with E-state index < -0.39 is 22.0 Å². The fourth-order valence-corrected chi connectivity index (χ4v) is 3.55. The smallest absolute Gasteiger partial charge is 0.289 e. The van der Waals surface area contributed by atoms with Gasteiger partial charge in [-0.3, -0.25) is 9.69 Å². The van der Waals surface area contributed by atoms with Gasteiger partial charge in [0.1, 0.15) is 4.90 Å². The quantitative estimate of drug-likeness (QED) is 0.779. The number of urea groups is 1. The lowest BCUT2D eigenvalue weighted by Crippen LogP contribution is -2.54. The van der Waals surface area contributed by atoms with E-state index in [0.717, 1.165) is 6.08 Å². The lowest BCUT2D eigenvalue weighted by molar-refractivity contribution is -0.119. The molecule has 1 aromatic rings. The van der Waals surface area contributed by atoms with E-state index in [1.165, 1.54) is 11.0 Å². The summed E-state index contributed by atoms with van der Waals surface area (Å²) in [5.74, 6) is -0.963. The molecule has 0 saturated heterocycles. The molecule has 1 aliphatic rings. The first-order valence-electron chi connectivity index (χ1n) is 5.96. The third kappa shape index (κ3) is 1.90. The van der Waals surface area contributed by atoms with Crippen molar-refractivity contribution in [2.75, 3.05) is 4.90 Å². The van der Waals surface area contributed by atoms with Crippen molar-refractivity contribution in [1.82, 2.24) is 4.31 Å². The summed E-state index contributed by atoms with van der Waals surface area (Å²) in [7, 11) is -4.19. The fourth-order valence-electron chi connectivity index (χ4n) is 2.07. The number of imide groups is 1. The predicted octanol–water partition coefficient (Wildman–Crippen LogP) is 1.74. The molecule has 0 bridgehead atoms. The van der Waals surface area contributed by atoms with Crippen molar-refractivity contribution in [3.63, 3.8) is 0 Å². The van der Waals surface area contributed by atoms with E-state index in [9.17, 15) is 18.0 Å². The summed E-state index contributed by atoms with van der Waals surface area (Å²) in [5, 5.41) is 0. The minimum absolute atomic E-state index is 0.0662. The number of carbonyl (C=O) groups is 2. The molecule has 20 heavy (non-hydrogen) atoms. The average molecular weight is 294 g/mol. The molecule has 0 spiro atoms. The van der Waals surface area contributed by atoms with Crippen molar-refractivity contribution in [2.24, 2.45) is 0 Å². The van der Waals surface area contributed by atoms with Crippen LogP contribution in [0, 0.1) is 0 Å². The minimum atomic E-state index is -4.19. The van der Waals surface area contributed by atoms with E-state index in [4.69, 9.17) is 0 Å². The lowest BCUT2D eigenvalue weighted by atomic mass is 10.2. The molecule has 0 atom stereocenters. The minimum Gasteiger partial charge on any atom is -0.289 e. The Morgan fingerprint density at radius 3 is 2.45 bits per heavy atom. The number of hydrogen-bond donors (Lipinski definition) is 0. The van der Waals surface area contributed by atoms with Gasteiger partial charge in [-0.1, -0.05) is 18.7 Å². The molecule has 1 aromatic carbocycles. The zero-order valence-electron chi connectivity index (χ0n) is 11.1. The van der Waals surface area contributed by atoms with Gasteiger partial charge in [0.05, 0.1) is 5.69 Å². The van der Waals surface area contributed by atoms with Gasteiger partial charge in [0.25, 0.3) is 15.9 Å². The van der Waals surface area contributed by atoms with E-state index >= 15 is 0 Å². The van der Waals surface area contributed by atoms with Crippen molar-refractivity contribution in [2.45, 2.75) is 24.8 Å². The van der Waals surface area contributed by atoms with Gasteiger partial charge < -0.3 is 0 Å². The van der Waals surface area contributed by atoms with E-state index in [-0.39, 0.29) is 20.9 Å². The van der Waals surface area contributed by atoms with Crippen LogP contribution in [0.25, 0.3) is 0 Å². The van der Waals surface area contributed by atoms with Crippen molar-refractivity contribution < 1.29 is 18.0 Å². The maximum absolute atomic E-state index is 12.4. The summed E-state index contributed by atoms with van der Waals surface area (Å²) in [6, 6.07) is 4.92. The number of para-hydroxylation sites is 1. The molecule has 0 N–H and O–H groups in total. The van der Waals surface area contributed by atoms with Crippen LogP contribution in [0.4, 0.5) is 10.5 Å². The molecule has 0 fully saturated rings. The summed E-state index contributed by atoms with van der Waals surface area (Å²) in [4.78, 5) is 25.3. The topological polar surface area (TPSA) is 74.8 Å². The highest BCUT2D eigenvalue weighted by atomic mass is 32.2. The average Bonchev–Trinajstić information content (AvgIpc) is 2.37. The number of rotatable bonds is 2. The van der Waals surface area contributed by atoms with Gasteiger partial charge in [-0.2, -0.15) is 0 Å². The van der Waals surface area contributed by atoms with Gasteiger partial charge in [-0.15, -0.1) is 4.31 Å². The molecule has 106 valence electrons. The maximum atomic E-state index is 12.4. The molecule has 2 rings (SSSR count). The van der Waals surface area contributed by atoms with Crippen molar-refractivity contribution >= 4 is 27.6 Å². The number of anilines is 1. The highest BCUT2D eigenvalue weighted by Crippen LogP contribution is 2.35. The number of carbonyl (C=O) groups excluding carboxylic acids is 2. The molecular weight excluding hydrogens is 280 g/mol. The van der Waals surface area contributed by atoms with Gasteiger partial charge in [0, 0.05) is 6.04 Å². The molecule has 0 aromatic heterocycles. The second kappa shape index (κ2) is 4.75. The Hall–Kier alpha value is -2.15. The Bertz CT molecular complexity index is 694. The van der Waals surface area contributed by atoms with Crippen LogP contribution in [-0.4, -0.2) is 30.7 Å². The van der Waals surface area contributed by atoms with Gasteiger partial charge in [0.2, 0.25) is 0 Å². The van der Waals surface area contributed by atoms with Crippen LogP contribution in [0.3, 0.4) is 0 Å². The molecule has 0 radical (unpaired) electrons. The molecule has 6 nitrogen and oxygen atoms in total. The summed E-state index contributed by atoms with van der Waals surface area (Å²) >= 11 is 0. The third-order valence-corrected chi connectivity index (χ3v) is 4.63. The largest absolute Gasteiger partial charge is 0.346 e. The van der Waals surface area contributed by atoms with Gasteiger partial charge in [-0.25, -0.2) is 13.2 Å². The fraction of sp³-hybridized carbons (Fsp3) is 0.231. The van der Waals surface area contributed by atoms with Crippen molar-refractivity contribution in [3.8, 4) is 0 Å². The van der Waals surface area contributed by atoms with Crippen molar-refractivity contribution in [1.29, 1.82) is 0 Å². The van der Waals surface area contributed by atoms with Crippen LogP contribution in [0.1, 0.15) is 13.8 Å². The van der Waals surface area contributed by atoms with Gasteiger partial charge in [0.15, 0.2) is 0 Å². The molecule has 7 heteroatoms. The SMILES string of the molecule is C=CC(=O)N1C(=O)N(C(C)C)c2ccccc2S1(=O)=O. The van der Waals surface area contributed by atoms with Crippen LogP contribution in [0.5, 0.6) is 0 Å². The van der Waals surface area contributed by atoms with E-state index in [2.05, 4.69) is 6.58 Å². The second-order valence-electron chi connectivity index (χ2n) is 4.53. The molecule has 0 aliphatic carbocycles. The predicted molar refractivity (Wildman–Crippen MR) is 73.7 cm³/mol. The van der Waals surface area contributed by atoms with Crippen LogP contribution >= 0.6 is 0 Å². The van der Waals surface area contributed by atoms with E-state index in [0.29, 0.717) is 0 Å². The molecule has 1 aliphatic heterocycles. The monoisotopic (exact) mass is 294 g/mol. The van der Waals surface area contributed by atoms with E-state index in [1.807, 2.05) is 0 Å². The second-order valence-corrected chi connectivity index (χ2v) is 6.28. The third-order valence-electron chi connectivity index (χ3n) is 2.91. The summed E-state index contributed by atoms with van der Waals surface area (Å²) in [5.41, 5.74) is 0.278. The van der Waals surface area contributed by atoms with Crippen LogP contribution < -0.4 is 4.90 Å². The Morgan fingerprint density at radius 2 is 1.90 bits per heavy atom. The van der Waals surface area contributed by atoms with E-state index in [1.54, 1.807) is 32.0 Å². The zero-order chi connectivity index (χ0) is 15.1. The number of sulfonamides is 1. The lowest BCUT2D eigenvalue weighted by Gasteiger charge is -2.36.